The molecule has 1 unspecified atom stereocenters. The monoisotopic (exact) mass is 305 g/mol. The fourth-order valence-electron chi connectivity index (χ4n) is 2.05. The molecule has 0 amide bonds. The highest BCUT2D eigenvalue weighted by molar-refractivity contribution is 9.10. The number of benzene rings is 2. The number of hydrogen-bond donors (Lipinski definition) is 3. The maximum atomic E-state index is 6.04. The lowest BCUT2D eigenvalue weighted by atomic mass is 9.94. The van der Waals surface area contributed by atoms with E-state index in [4.69, 9.17) is 11.6 Å². The van der Waals surface area contributed by atoms with E-state index in [1.165, 1.54) is 5.56 Å². The van der Waals surface area contributed by atoms with Crippen molar-refractivity contribution in [2.24, 2.45) is 5.84 Å². The number of nitrogens with two attached hydrogens (primary N) is 2. The van der Waals surface area contributed by atoms with Gasteiger partial charge in [0.25, 0.3) is 0 Å². The lowest BCUT2D eigenvalue weighted by Crippen LogP contribution is -2.30. The van der Waals surface area contributed by atoms with Crippen LogP contribution in [0.25, 0.3) is 0 Å². The van der Waals surface area contributed by atoms with Crippen LogP contribution in [0.4, 0.5) is 5.69 Å². The van der Waals surface area contributed by atoms with Crippen LogP contribution in [0.5, 0.6) is 0 Å². The molecular weight excluding hydrogens is 290 g/mol. The Morgan fingerprint density at radius 3 is 2.50 bits per heavy atom. The smallest absolute Gasteiger partial charge is 0.0732 e. The summed E-state index contributed by atoms with van der Waals surface area (Å²) >= 11 is 3.46. The molecule has 94 valence electrons. The molecule has 0 saturated carbocycles. The maximum Gasteiger partial charge on any atom is 0.0732 e. The Morgan fingerprint density at radius 2 is 1.83 bits per heavy atom. The average Bonchev–Trinajstić information content (AvgIpc) is 2.36. The van der Waals surface area contributed by atoms with E-state index in [9.17, 15) is 0 Å². The van der Waals surface area contributed by atoms with E-state index in [-0.39, 0.29) is 6.04 Å². The molecule has 0 aliphatic carbocycles. The molecule has 0 radical (unpaired) electrons. The van der Waals surface area contributed by atoms with Gasteiger partial charge in [-0.15, -0.1) is 0 Å². The molecule has 0 fully saturated rings. The van der Waals surface area contributed by atoms with Crippen LogP contribution in [-0.2, 0) is 0 Å². The van der Waals surface area contributed by atoms with Gasteiger partial charge in [0.05, 0.1) is 6.04 Å². The fourth-order valence-corrected chi connectivity index (χ4v) is 2.43. The van der Waals surface area contributed by atoms with Crippen LogP contribution in [0.1, 0.15) is 22.7 Å². The number of anilines is 1. The first-order chi connectivity index (χ1) is 8.63. The molecule has 0 bridgehead atoms. The number of rotatable bonds is 3. The second-order valence-corrected chi connectivity index (χ2v) is 5.15. The van der Waals surface area contributed by atoms with E-state index in [0.717, 1.165) is 21.3 Å². The highest BCUT2D eigenvalue weighted by Crippen LogP contribution is 2.30. The minimum absolute atomic E-state index is 0.108. The summed E-state index contributed by atoms with van der Waals surface area (Å²) in [6.07, 6.45) is 0. The van der Waals surface area contributed by atoms with E-state index in [1.54, 1.807) is 0 Å². The van der Waals surface area contributed by atoms with Gasteiger partial charge in [-0.05, 0) is 41.8 Å². The quantitative estimate of drug-likeness (QED) is 0.464. The van der Waals surface area contributed by atoms with Crippen molar-refractivity contribution in [2.75, 3.05) is 5.73 Å². The van der Waals surface area contributed by atoms with Gasteiger partial charge in [-0.25, -0.2) is 5.43 Å². The predicted octanol–water partition coefficient (Wildman–Crippen LogP) is 2.89. The lowest BCUT2D eigenvalue weighted by molar-refractivity contribution is 0.635. The van der Waals surface area contributed by atoms with Gasteiger partial charge in [-0.3, -0.25) is 5.84 Å². The number of hydrogen-bond acceptors (Lipinski definition) is 3. The van der Waals surface area contributed by atoms with Crippen molar-refractivity contribution in [1.82, 2.24) is 5.43 Å². The van der Waals surface area contributed by atoms with Gasteiger partial charge in [0.15, 0.2) is 0 Å². The second-order valence-electron chi connectivity index (χ2n) is 4.23. The summed E-state index contributed by atoms with van der Waals surface area (Å²) in [7, 11) is 0. The summed E-state index contributed by atoms with van der Waals surface area (Å²) in [5.74, 6) is 5.70. The van der Waals surface area contributed by atoms with Gasteiger partial charge >= 0.3 is 0 Å². The van der Waals surface area contributed by atoms with Crippen LogP contribution in [-0.4, -0.2) is 0 Å². The summed E-state index contributed by atoms with van der Waals surface area (Å²) in [4.78, 5) is 0. The van der Waals surface area contributed by atoms with E-state index in [0.29, 0.717) is 0 Å². The second kappa shape index (κ2) is 5.52. The van der Waals surface area contributed by atoms with Crippen LogP contribution < -0.4 is 17.0 Å². The molecule has 18 heavy (non-hydrogen) atoms. The Balaban J connectivity index is 2.52. The minimum atomic E-state index is -0.108. The Bertz CT molecular complexity index is 554. The van der Waals surface area contributed by atoms with Gasteiger partial charge in [-0.1, -0.05) is 40.2 Å². The first-order valence-electron chi connectivity index (χ1n) is 5.70. The van der Waals surface area contributed by atoms with Gasteiger partial charge in [0.2, 0.25) is 0 Å². The molecule has 0 saturated heterocycles. The first kappa shape index (κ1) is 13.1. The normalized spacial score (nSPS) is 12.4. The Morgan fingerprint density at radius 1 is 1.11 bits per heavy atom. The largest absolute Gasteiger partial charge is 0.398 e. The van der Waals surface area contributed by atoms with Crippen LogP contribution in [0.2, 0.25) is 0 Å². The third kappa shape index (κ3) is 2.56. The molecule has 4 heteroatoms. The number of aryl methyl sites for hydroxylation is 1. The average molecular weight is 306 g/mol. The van der Waals surface area contributed by atoms with Gasteiger partial charge < -0.3 is 5.73 Å². The molecule has 1 atom stereocenters. The zero-order valence-electron chi connectivity index (χ0n) is 10.2. The third-order valence-electron chi connectivity index (χ3n) is 3.03. The van der Waals surface area contributed by atoms with Crippen molar-refractivity contribution in [3.8, 4) is 0 Å². The lowest BCUT2D eigenvalue weighted by Gasteiger charge is -2.20. The topological polar surface area (TPSA) is 64.1 Å². The Labute approximate surface area is 115 Å². The van der Waals surface area contributed by atoms with Crippen molar-refractivity contribution < 1.29 is 0 Å². The molecule has 0 aliphatic rings. The van der Waals surface area contributed by atoms with E-state index in [2.05, 4.69) is 40.4 Å². The van der Waals surface area contributed by atoms with E-state index in [1.807, 2.05) is 30.3 Å². The summed E-state index contributed by atoms with van der Waals surface area (Å²) in [5.41, 5.74) is 12.9. The van der Waals surface area contributed by atoms with Gasteiger partial charge in [0.1, 0.15) is 0 Å². The van der Waals surface area contributed by atoms with Crippen LogP contribution >= 0.6 is 15.9 Å². The molecule has 5 N–H and O–H groups in total. The zero-order valence-corrected chi connectivity index (χ0v) is 11.7. The third-order valence-corrected chi connectivity index (χ3v) is 3.52. The number of nitrogen functional groups attached to an aromatic ring is 1. The molecule has 3 nitrogen and oxygen atoms in total. The molecule has 0 heterocycles. The molecule has 0 aliphatic heterocycles. The summed E-state index contributed by atoms with van der Waals surface area (Å²) in [6.45, 7) is 2.06. The minimum Gasteiger partial charge on any atom is -0.398 e. The first-order valence-corrected chi connectivity index (χ1v) is 6.49. The summed E-state index contributed by atoms with van der Waals surface area (Å²) in [6, 6.07) is 13.8. The molecule has 2 rings (SSSR count). The SMILES string of the molecule is Cc1ccccc1C(NN)c1cc(Br)ccc1N. The molecule has 0 spiro atoms. The van der Waals surface area contributed by atoms with Crippen LogP contribution in [0.3, 0.4) is 0 Å². The van der Waals surface area contributed by atoms with Gasteiger partial charge in [0, 0.05) is 10.2 Å². The molecule has 2 aromatic rings. The van der Waals surface area contributed by atoms with Crippen molar-refractivity contribution in [1.29, 1.82) is 0 Å². The number of halogens is 1. The molecule has 2 aromatic carbocycles. The van der Waals surface area contributed by atoms with Crippen molar-refractivity contribution in [3.05, 3.63) is 63.6 Å². The predicted molar refractivity (Wildman–Crippen MR) is 78.9 cm³/mol. The zero-order chi connectivity index (χ0) is 13.1. The standard InChI is InChI=1S/C14H16BrN3/c1-9-4-2-3-5-11(9)14(18-17)12-8-10(15)6-7-13(12)16/h2-8,14,18H,16-17H2,1H3. The summed E-state index contributed by atoms with van der Waals surface area (Å²) < 4.78 is 0.987. The molecular formula is C14H16BrN3. The maximum absolute atomic E-state index is 6.04. The Hall–Kier alpha value is -1.36. The van der Waals surface area contributed by atoms with Gasteiger partial charge in [-0.2, -0.15) is 0 Å². The van der Waals surface area contributed by atoms with Crippen molar-refractivity contribution in [3.63, 3.8) is 0 Å². The van der Waals surface area contributed by atoms with Crippen molar-refractivity contribution in [2.45, 2.75) is 13.0 Å². The highest BCUT2D eigenvalue weighted by atomic mass is 79.9. The highest BCUT2D eigenvalue weighted by Gasteiger charge is 2.17. The number of hydrazine groups is 1. The van der Waals surface area contributed by atoms with E-state index < -0.39 is 0 Å². The van der Waals surface area contributed by atoms with Crippen LogP contribution in [0, 0.1) is 6.92 Å². The summed E-state index contributed by atoms with van der Waals surface area (Å²) in [5, 5.41) is 0. The van der Waals surface area contributed by atoms with Crippen LogP contribution in [0.15, 0.2) is 46.9 Å². The molecule has 0 aromatic heterocycles. The van der Waals surface area contributed by atoms with E-state index >= 15 is 0 Å². The fraction of sp³-hybridized carbons (Fsp3) is 0.143. The Kier molecular flexibility index (Phi) is 4.01. The van der Waals surface area contributed by atoms with Crippen molar-refractivity contribution >= 4 is 21.6 Å². The number of nitrogens with one attached hydrogen (secondary N) is 1.